The van der Waals surface area contributed by atoms with E-state index >= 15 is 70.2 Å². The van der Waals surface area contributed by atoms with E-state index in [4.69, 9.17) is 18.9 Å². The van der Waals surface area contributed by atoms with E-state index in [2.05, 4.69) is 0 Å². The van der Waals surface area contributed by atoms with Gasteiger partial charge in [0.2, 0.25) is 0 Å². The SMILES string of the molecule is CC(C)(C)c1ccc2sc3c(c2c1)Oc1cc(N(c2c(F)cccc2F)c2c(F)cccc2F)cc2c1B3c1cc3c(cc1N2c1c(F)cccc1F)Oc1cc(N(c2c(F)cccc2F)c2c(F)cccc2F)cc2c1B3c1cc3c(cc1O2)N(c1c(F)cccc1F)c1cc(N(c2c(F)cccc2F)c2c(F)cccc2F)cc2c1B3c1sc3ccc(C(C)(C)C)cc3c1O2. The smallest absolute Gasteiger partial charge is 0.268 e. The van der Waals surface area contributed by atoms with E-state index in [0.717, 1.165) is 157 Å². The first-order valence-electron chi connectivity index (χ1n) is 41.6. The van der Waals surface area contributed by atoms with E-state index in [1.807, 2.05) is 77.9 Å². The molecule has 0 atom stereocenters. The number of benzene rings is 15. The molecule has 8 heterocycles. The van der Waals surface area contributed by atoms with Crippen molar-refractivity contribution in [1.82, 2.24) is 0 Å². The molecule has 6 aliphatic rings. The summed E-state index contributed by atoms with van der Waals surface area (Å²) in [7, 11) is 0. The number of hydrogen-bond acceptors (Lipinski definition) is 11. The fourth-order valence-electron chi connectivity index (χ4n) is 19.4. The standard InChI is InChI=1S/C102H58B3F16N5O4S2/c1-101(2,3)47-31-33-84-52(35-47)97-99(131-84)104-54-43-56-78(45-74(54)125(95-70(118)27-13-28-71(95)119)76-37-49(39-80(129-97)86(76)104)122(89-58(106)15-7-16-59(89)107)90-60(108)17-8-18-61(90)109)127-82-41-51(124(93-66(114)23-11-24-67(93)115)94-68(116)25-12-26-69(94)117)42-83-88(82)103(56)57-44-55-75(46-79(57)128-83)126(96-72(120)29-14-30-73(96)121)77-38-50(123(91-62(110)19-9-20-63(91)111)92-64(112)21-10-22-65(92)113)40-81-87(77)105(55)100-98(130-81)53-36-48(102(4,5)6)32-34-85(53)132-100/h7-46H,1-6H3. The van der Waals surface area contributed by atoms with Crippen molar-refractivity contribution in [2.24, 2.45) is 0 Å². The van der Waals surface area contributed by atoms with Crippen LogP contribution in [-0.2, 0) is 10.8 Å². The van der Waals surface area contributed by atoms with Gasteiger partial charge in [-0.05, 0) is 188 Å². The van der Waals surface area contributed by atoms with Crippen molar-refractivity contribution < 1.29 is 89.2 Å². The quantitative estimate of drug-likeness (QED) is 0.0931. The number of nitrogens with zero attached hydrogens (tertiary/aromatic N) is 5. The second-order valence-corrected chi connectivity index (χ2v) is 37.1. The highest BCUT2D eigenvalue weighted by atomic mass is 32.1. The largest absolute Gasteiger partial charge is 0.458 e. The molecule has 132 heavy (non-hydrogen) atoms. The fourth-order valence-corrected chi connectivity index (χ4v) is 21.9. The second-order valence-electron chi connectivity index (χ2n) is 35.0. The zero-order chi connectivity index (χ0) is 91.3. The van der Waals surface area contributed by atoms with E-state index < -0.39 is 187 Å². The zero-order valence-electron chi connectivity index (χ0n) is 69.6. The molecule has 30 heteroatoms. The average Bonchev–Trinajstić information content (AvgIpc) is 1.21. The monoisotopic (exact) mass is 1820 g/mol. The van der Waals surface area contributed by atoms with Crippen LogP contribution < -0.4 is 91.2 Å². The number of rotatable bonds is 11. The Balaban J connectivity index is 0.840. The van der Waals surface area contributed by atoms with Crippen LogP contribution in [0, 0.1) is 93.1 Å². The van der Waals surface area contributed by atoms with Crippen LogP contribution in [0.4, 0.5) is 156 Å². The van der Waals surface area contributed by atoms with Crippen LogP contribution >= 0.6 is 22.7 Å². The summed E-state index contributed by atoms with van der Waals surface area (Å²) in [5.41, 5.74) is -7.24. The highest BCUT2D eigenvalue weighted by Crippen LogP contribution is 2.57. The lowest BCUT2D eigenvalue weighted by molar-refractivity contribution is 0.464. The zero-order valence-corrected chi connectivity index (χ0v) is 71.2. The minimum Gasteiger partial charge on any atom is -0.458 e. The second kappa shape index (κ2) is 29.5. The van der Waals surface area contributed by atoms with Crippen molar-refractivity contribution in [2.45, 2.75) is 52.4 Å². The van der Waals surface area contributed by atoms with Crippen molar-refractivity contribution in [1.29, 1.82) is 0 Å². The predicted octanol–water partition coefficient (Wildman–Crippen LogP) is 24.9. The summed E-state index contributed by atoms with van der Waals surface area (Å²) in [6, 6.07) is 48.3. The highest BCUT2D eigenvalue weighted by Gasteiger charge is 2.53. The molecule has 6 aliphatic heterocycles. The normalized spacial score (nSPS) is 13.4. The molecule has 0 amide bonds. The molecule has 0 aliphatic carbocycles. The van der Waals surface area contributed by atoms with Gasteiger partial charge in [-0.3, -0.25) is 14.7 Å². The lowest BCUT2D eigenvalue weighted by Gasteiger charge is -2.43. The molecule has 23 rings (SSSR count). The van der Waals surface area contributed by atoms with Gasteiger partial charge in [-0.2, -0.15) is 0 Å². The molecule has 15 aromatic carbocycles. The minimum atomic E-state index is -1.33. The Morgan fingerprint density at radius 2 is 0.523 bits per heavy atom. The van der Waals surface area contributed by atoms with Crippen LogP contribution in [0.3, 0.4) is 0 Å². The van der Waals surface area contributed by atoms with Crippen LogP contribution in [0.25, 0.3) is 20.2 Å². The molecule has 0 radical (unpaired) electrons. The molecular formula is C102H58B3F16N5O4S2. The summed E-state index contributed by atoms with van der Waals surface area (Å²) in [5.74, 6) is -21.1. The Morgan fingerprint density at radius 1 is 0.258 bits per heavy atom. The summed E-state index contributed by atoms with van der Waals surface area (Å²) in [4.78, 5) is 4.29. The molecule has 0 spiro atoms. The number of fused-ring (bicyclic) bond motifs is 16. The molecule has 0 fully saturated rings. The molecule has 0 N–H and O–H groups in total. The van der Waals surface area contributed by atoms with Gasteiger partial charge in [-0.1, -0.05) is 114 Å². The maximum atomic E-state index is 18.0. The van der Waals surface area contributed by atoms with E-state index in [1.165, 1.54) is 81.0 Å². The van der Waals surface area contributed by atoms with Crippen LogP contribution in [0.2, 0.25) is 0 Å². The Hall–Kier alpha value is -14.5. The van der Waals surface area contributed by atoms with Crippen molar-refractivity contribution in [2.75, 3.05) is 24.5 Å². The third kappa shape index (κ3) is 12.3. The first kappa shape index (κ1) is 81.9. The summed E-state index contributed by atoms with van der Waals surface area (Å²) in [6.07, 6.45) is 0. The first-order chi connectivity index (χ1) is 63.3. The third-order valence-corrected chi connectivity index (χ3v) is 27.6. The van der Waals surface area contributed by atoms with Crippen molar-refractivity contribution in [3.63, 3.8) is 0 Å². The lowest BCUT2D eigenvalue weighted by atomic mass is 9.31. The van der Waals surface area contributed by atoms with Crippen LogP contribution in [-0.4, -0.2) is 20.1 Å². The molecule has 17 aromatic rings. The van der Waals surface area contributed by atoms with Gasteiger partial charge < -0.3 is 28.7 Å². The molecular weight excluding hydrogens is 1760 g/mol. The molecule has 9 nitrogen and oxygen atoms in total. The predicted molar refractivity (Wildman–Crippen MR) is 487 cm³/mol. The lowest BCUT2D eigenvalue weighted by Crippen LogP contribution is -2.64. The van der Waals surface area contributed by atoms with Crippen LogP contribution in [0.15, 0.2) is 243 Å². The number of hydrogen-bond donors (Lipinski definition) is 0. The summed E-state index contributed by atoms with van der Waals surface area (Å²) in [5, 5.41) is 1.12. The minimum absolute atomic E-state index is 0.0880. The van der Waals surface area contributed by atoms with Crippen LogP contribution in [0.5, 0.6) is 46.0 Å². The van der Waals surface area contributed by atoms with E-state index in [0.29, 0.717) is 44.4 Å². The van der Waals surface area contributed by atoms with Gasteiger partial charge in [0, 0.05) is 94.3 Å². The van der Waals surface area contributed by atoms with Gasteiger partial charge in [-0.15, -0.1) is 22.7 Å². The number of ether oxygens (including phenoxy) is 4. The Bertz CT molecular complexity index is 7260. The molecule has 0 unspecified atom stereocenters. The van der Waals surface area contributed by atoms with Gasteiger partial charge in [0.25, 0.3) is 20.1 Å². The number of thiophene rings is 2. The van der Waals surface area contributed by atoms with Crippen LogP contribution in [0.1, 0.15) is 52.7 Å². The molecule has 0 saturated heterocycles. The molecule has 2 aromatic heterocycles. The average molecular weight is 1820 g/mol. The summed E-state index contributed by atoms with van der Waals surface area (Å²) < 4.78 is 308. The van der Waals surface area contributed by atoms with Crippen molar-refractivity contribution in [3.8, 4) is 46.0 Å². The van der Waals surface area contributed by atoms with E-state index in [1.54, 1.807) is 12.1 Å². The molecule has 648 valence electrons. The summed E-state index contributed by atoms with van der Waals surface area (Å²) in [6.45, 7) is 8.38. The first-order valence-corrected chi connectivity index (χ1v) is 43.3. The highest BCUT2D eigenvalue weighted by molar-refractivity contribution is 7.34. The van der Waals surface area contributed by atoms with Crippen molar-refractivity contribution in [3.05, 3.63) is 347 Å². The Morgan fingerprint density at radius 3 is 0.803 bits per heavy atom. The Kier molecular flexibility index (Phi) is 18.3. The fraction of sp³-hybridized carbons (Fsp3) is 0.0784. The Labute approximate surface area is 750 Å². The van der Waals surface area contributed by atoms with E-state index in [-0.39, 0.29) is 107 Å². The topological polar surface area (TPSA) is 53.1 Å². The molecule has 0 bridgehead atoms. The van der Waals surface area contributed by atoms with Gasteiger partial charge in [0.05, 0.1) is 17.1 Å². The number of para-hydroxylation sites is 8. The maximum Gasteiger partial charge on any atom is 0.268 e. The van der Waals surface area contributed by atoms with Gasteiger partial charge in [0.1, 0.15) is 185 Å². The maximum absolute atomic E-state index is 18.0. The van der Waals surface area contributed by atoms with Crippen molar-refractivity contribution >= 4 is 196 Å². The van der Waals surface area contributed by atoms with Gasteiger partial charge in [-0.25, -0.2) is 70.2 Å². The number of anilines is 15. The third-order valence-electron chi connectivity index (χ3n) is 25.2. The van der Waals surface area contributed by atoms with Gasteiger partial charge in [0.15, 0.2) is 0 Å². The van der Waals surface area contributed by atoms with E-state index in [9.17, 15) is 0 Å². The summed E-state index contributed by atoms with van der Waals surface area (Å²) >= 11 is 2.59. The molecule has 0 saturated carbocycles. The van der Waals surface area contributed by atoms with Gasteiger partial charge >= 0.3 is 0 Å². The number of halogens is 16.